The van der Waals surface area contributed by atoms with E-state index in [0.717, 1.165) is 0 Å². The highest BCUT2D eigenvalue weighted by atomic mass is 35.5. The lowest BCUT2D eigenvalue weighted by Gasteiger charge is -2.21. The zero-order valence-electron chi connectivity index (χ0n) is 9.24. The van der Waals surface area contributed by atoms with Crippen LogP contribution < -0.4 is 10.6 Å². The van der Waals surface area contributed by atoms with E-state index < -0.39 is 6.10 Å². The standard InChI is InChI=1S/C10H15ClN4O/c1-6(16)5-15(2)10-8(11)7(9(12)13)3-4-14-10/h3-4,6,16H,5H2,1-2H3,(H3,12,13). The Hall–Kier alpha value is -1.33. The molecular weight excluding hydrogens is 228 g/mol. The number of likely N-dealkylation sites (N-methyl/N-ethyl adjacent to an activating group) is 1. The summed E-state index contributed by atoms with van der Waals surface area (Å²) in [6.45, 7) is 2.09. The van der Waals surface area contributed by atoms with Crippen LogP contribution >= 0.6 is 11.6 Å². The largest absolute Gasteiger partial charge is 0.392 e. The zero-order chi connectivity index (χ0) is 12.3. The molecule has 1 aromatic heterocycles. The van der Waals surface area contributed by atoms with Crippen LogP contribution in [-0.2, 0) is 0 Å². The van der Waals surface area contributed by atoms with Crippen molar-refractivity contribution >= 4 is 23.3 Å². The van der Waals surface area contributed by atoms with Crippen molar-refractivity contribution in [2.45, 2.75) is 13.0 Å². The van der Waals surface area contributed by atoms with Crippen molar-refractivity contribution in [1.29, 1.82) is 5.41 Å². The Balaban J connectivity index is 3.05. The van der Waals surface area contributed by atoms with Crippen molar-refractivity contribution in [3.05, 3.63) is 22.8 Å². The van der Waals surface area contributed by atoms with E-state index in [9.17, 15) is 5.11 Å². The highest BCUT2D eigenvalue weighted by Crippen LogP contribution is 2.25. The molecule has 1 aromatic rings. The van der Waals surface area contributed by atoms with E-state index in [2.05, 4.69) is 4.98 Å². The van der Waals surface area contributed by atoms with Gasteiger partial charge in [-0.05, 0) is 13.0 Å². The minimum absolute atomic E-state index is 0.0981. The number of aromatic nitrogens is 1. The highest BCUT2D eigenvalue weighted by molar-refractivity contribution is 6.36. The molecule has 6 heteroatoms. The van der Waals surface area contributed by atoms with Crippen LogP contribution in [0.3, 0.4) is 0 Å². The van der Waals surface area contributed by atoms with Gasteiger partial charge in [0.1, 0.15) is 11.7 Å². The molecule has 0 bridgehead atoms. The predicted molar refractivity (Wildman–Crippen MR) is 65.2 cm³/mol. The van der Waals surface area contributed by atoms with Crippen LogP contribution in [0.15, 0.2) is 12.3 Å². The van der Waals surface area contributed by atoms with Crippen LogP contribution in [0.4, 0.5) is 5.82 Å². The molecule has 1 unspecified atom stereocenters. The van der Waals surface area contributed by atoms with Crippen LogP contribution in [-0.4, -0.2) is 35.6 Å². The molecule has 5 nitrogen and oxygen atoms in total. The first-order valence-corrected chi connectivity index (χ1v) is 5.19. The summed E-state index contributed by atoms with van der Waals surface area (Å²) in [5.41, 5.74) is 5.84. The molecule has 1 rings (SSSR count). The topological polar surface area (TPSA) is 86.2 Å². The van der Waals surface area contributed by atoms with Crippen molar-refractivity contribution in [3.8, 4) is 0 Å². The SMILES string of the molecule is CC(O)CN(C)c1nccc(C(=N)N)c1Cl. The van der Waals surface area contributed by atoms with Crippen LogP contribution in [0.25, 0.3) is 0 Å². The fourth-order valence-corrected chi connectivity index (χ4v) is 1.75. The fourth-order valence-electron chi connectivity index (χ4n) is 1.39. The highest BCUT2D eigenvalue weighted by Gasteiger charge is 2.14. The number of hydrogen-bond acceptors (Lipinski definition) is 4. The molecule has 1 atom stereocenters. The van der Waals surface area contributed by atoms with Crippen molar-refractivity contribution in [2.24, 2.45) is 5.73 Å². The molecule has 0 aliphatic rings. The number of nitrogens with zero attached hydrogens (tertiary/aromatic N) is 2. The smallest absolute Gasteiger partial charge is 0.147 e. The molecule has 16 heavy (non-hydrogen) atoms. The molecule has 0 fully saturated rings. The van der Waals surface area contributed by atoms with Gasteiger partial charge in [-0.25, -0.2) is 4.98 Å². The van der Waals surface area contributed by atoms with E-state index in [0.29, 0.717) is 22.9 Å². The summed E-state index contributed by atoms with van der Waals surface area (Å²) >= 11 is 6.08. The van der Waals surface area contributed by atoms with Gasteiger partial charge in [-0.2, -0.15) is 0 Å². The van der Waals surface area contributed by atoms with Gasteiger partial charge in [0.2, 0.25) is 0 Å². The lowest BCUT2D eigenvalue weighted by Crippen LogP contribution is -2.28. The minimum atomic E-state index is -0.483. The second kappa shape index (κ2) is 5.14. The number of amidine groups is 1. The van der Waals surface area contributed by atoms with E-state index in [1.807, 2.05) is 0 Å². The molecule has 1 heterocycles. The number of nitrogen functional groups attached to an aromatic ring is 1. The van der Waals surface area contributed by atoms with E-state index in [-0.39, 0.29) is 5.84 Å². The Morgan fingerprint density at radius 3 is 2.88 bits per heavy atom. The lowest BCUT2D eigenvalue weighted by molar-refractivity contribution is 0.201. The summed E-state index contributed by atoms with van der Waals surface area (Å²) in [5, 5.41) is 17.0. The molecule has 0 amide bonds. The van der Waals surface area contributed by atoms with Gasteiger partial charge in [0, 0.05) is 25.4 Å². The molecule has 0 saturated carbocycles. The summed E-state index contributed by atoms with van der Waals surface area (Å²) in [5.74, 6) is 0.411. The van der Waals surface area contributed by atoms with Crippen LogP contribution in [0.1, 0.15) is 12.5 Å². The number of nitrogens with one attached hydrogen (secondary N) is 1. The molecule has 0 aromatic carbocycles. The van der Waals surface area contributed by atoms with Gasteiger partial charge in [-0.1, -0.05) is 11.6 Å². The Bertz CT molecular complexity index is 394. The number of rotatable bonds is 4. The zero-order valence-corrected chi connectivity index (χ0v) is 9.99. The fraction of sp³-hybridized carbons (Fsp3) is 0.400. The number of anilines is 1. The van der Waals surface area contributed by atoms with Crippen LogP contribution in [0, 0.1) is 5.41 Å². The number of nitrogens with two attached hydrogens (primary N) is 1. The van der Waals surface area contributed by atoms with Crippen molar-refractivity contribution in [2.75, 3.05) is 18.5 Å². The maximum absolute atomic E-state index is 9.27. The van der Waals surface area contributed by atoms with Gasteiger partial charge >= 0.3 is 0 Å². The Labute approximate surface area is 99.4 Å². The molecule has 0 aliphatic carbocycles. The lowest BCUT2D eigenvalue weighted by atomic mass is 10.2. The van der Waals surface area contributed by atoms with Gasteiger partial charge in [0.15, 0.2) is 0 Å². The van der Waals surface area contributed by atoms with Crippen LogP contribution in [0.5, 0.6) is 0 Å². The second-order valence-corrected chi connectivity index (χ2v) is 4.02. The summed E-state index contributed by atoms with van der Waals surface area (Å²) in [7, 11) is 1.77. The first kappa shape index (κ1) is 12.7. The van der Waals surface area contributed by atoms with Crippen LogP contribution in [0.2, 0.25) is 5.02 Å². The summed E-state index contributed by atoms with van der Waals surface area (Å²) in [4.78, 5) is 5.83. The number of pyridine rings is 1. The van der Waals surface area contributed by atoms with Crippen molar-refractivity contribution in [1.82, 2.24) is 4.98 Å². The average molecular weight is 243 g/mol. The Morgan fingerprint density at radius 2 is 2.38 bits per heavy atom. The van der Waals surface area contributed by atoms with E-state index in [1.165, 1.54) is 6.20 Å². The third-order valence-electron chi connectivity index (χ3n) is 2.06. The van der Waals surface area contributed by atoms with Gasteiger partial charge in [-0.15, -0.1) is 0 Å². The van der Waals surface area contributed by atoms with E-state index >= 15 is 0 Å². The van der Waals surface area contributed by atoms with Gasteiger partial charge in [0.25, 0.3) is 0 Å². The number of aliphatic hydroxyl groups excluding tert-OH is 1. The minimum Gasteiger partial charge on any atom is -0.392 e. The van der Waals surface area contributed by atoms with Crippen molar-refractivity contribution < 1.29 is 5.11 Å². The Morgan fingerprint density at radius 1 is 1.75 bits per heavy atom. The quantitative estimate of drug-likeness (QED) is 0.539. The van der Waals surface area contributed by atoms with E-state index in [4.69, 9.17) is 22.7 Å². The van der Waals surface area contributed by atoms with Gasteiger partial charge in [-0.3, -0.25) is 5.41 Å². The number of aliphatic hydroxyl groups is 1. The molecule has 0 spiro atoms. The third-order valence-corrected chi connectivity index (χ3v) is 2.43. The molecule has 88 valence electrons. The first-order chi connectivity index (χ1) is 7.43. The maximum atomic E-state index is 9.27. The molecule has 0 radical (unpaired) electrons. The average Bonchev–Trinajstić information content (AvgIpc) is 2.16. The van der Waals surface area contributed by atoms with Gasteiger partial charge in [0.05, 0.1) is 11.1 Å². The normalized spacial score (nSPS) is 12.2. The molecule has 4 N–H and O–H groups in total. The maximum Gasteiger partial charge on any atom is 0.147 e. The summed E-state index contributed by atoms with van der Waals surface area (Å²) in [6.07, 6.45) is 1.06. The summed E-state index contributed by atoms with van der Waals surface area (Å²) in [6, 6.07) is 1.59. The predicted octanol–water partition coefficient (Wildman–Crippen LogP) is 0.836. The third kappa shape index (κ3) is 2.84. The summed E-state index contributed by atoms with van der Waals surface area (Å²) < 4.78 is 0. The molecule has 0 saturated heterocycles. The van der Waals surface area contributed by atoms with E-state index in [1.54, 1.807) is 24.9 Å². The number of hydrogen-bond donors (Lipinski definition) is 3. The molecular formula is C10H15ClN4O. The monoisotopic (exact) mass is 242 g/mol. The molecule has 0 aliphatic heterocycles. The first-order valence-electron chi connectivity index (χ1n) is 4.81. The number of halogens is 1. The van der Waals surface area contributed by atoms with Crippen molar-refractivity contribution in [3.63, 3.8) is 0 Å². The Kier molecular flexibility index (Phi) is 4.09. The second-order valence-electron chi connectivity index (χ2n) is 3.64. The van der Waals surface area contributed by atoms with Gasteiger partial charge < -0.3 is 15.7 Å².